The van der Waals surface area contributed by atoms with Gasteiger partial charge >= 0.3 is 0 Å². The Morgan fingerprint density at radius 3 is 2.30 bits per heavy atom. The molecule has 0 aromatic heterocycles. The van der Waals surface area contributed by atoms with Gasteiger partial charge in [0.25, 0.3) is 0 Å². The van der Waals surface area contributed by atoms with Crippen LogP contribution in [0.2, 0.25) is 5.02 Å². The first-order valence-corrected chi connectivity index (χ1v) is 14.8. The van der Waals surface area contributed by atoms with Gasteiger partial charge in [0.2, 0.25) is 21.8 Å². The summed E-state index contributed by atoms with van der Waals surface area (Å²) in [6.45, 7) is 11.7. The van der Waals surface area contributed by atoms with Gasteiger partial charge in [-0.05, 0) is 76.3 Å². The molecule has 0 bridgehead atoms. The third kappa shape index (κ3) is 9.04. The van der Waals surface area contributed by atoms with Crippen LogP contribution >= 0.6 is 11.6 Å². The molecule has 0 heterocycles. The van der Waals surface area contributed by atoms with E-state index < -0.39 is 21.6 Å². The van der Waals surface area contributed by atoms with Crippen LogP contribution in [0.25, 0.3) is 0 Å². The van der Waals surface area contributed by atoms with Gasteiger partial charge in [0.15, 0.2) is 0 Å². The molecule has 1 N–H and O–H groups in total. The van der Waals surface area contributed by atoms with Gasteiger partial charge in [-0.3, -0.25) is 13.9 Å². The molecule has 1 atom stereocenters. The number of nitrogens with one attached hydrogen (secondary N) is 1. The van der Waals surface area contributed by atoms with Crippen molar-refractivity contribution in [2.45, 2.75) is 78.9 Å². The zero-order chi connectivity index (χ0) is 28.0. The van der Waals surface area contributed by atoms with Gasteiger partial charge in [0, 0.05) is 30.1 Å². The highest BCUT2D eigenvalue weighted by Crippen LogP contribution is 2.25. The van der Waals surface area contributed by atoms with E-state index in [4.69, 9.17) is 11.6 Å². The van der Waals surface area contributed by atoms with E-state index in [0.29, 0.717) is 23.6 Å². The van der Waals surface area contributed by atoms with Crippen molar-refractivity contribution in [1.29, 1.82) is 0 Å². The van der Waals surface area contributed by atoms with Crippen LogP contribution in [0.15, 0.2) is 42.5 Å². The molecule has 2 rings (SSSR count). The molecule has 1 unspecified atom stereocenters. The lowest BCUT2D eigenvalue weighted by molar-refractivity contribution is -0.142. The predicted molar refractivity (Wildman–Crippen MR) is 151 cm³/mol. The molecule has 2 aromatic rings. The summed E-state index contributed by atoms with van der Waals surface area (Å²) in [5.41, 5.74) is 2.69. The Morgan fingerprint density at radius 2 is 1.73 bits per heavy atom. The van der Waals surface area contributed by atoms with Gasteiger partial charge < -0.3 is 10.2 Å². The van der Waals surface area contributed by atoms with Crippen LogP contribution in [0.1, 0.15) is 63.6 Å². The number of nitrogens with zero attached hydrogens (tertiary/aromatic N) is 2. The van der Waals surface area contributed by atoms with Crippen LogP contribution in [0.5, 0.6) is 0 Å². The summed E-state index contributed by atoms with van der Waals surface area (Å²) in [6.07, 6.45) is 1.98. The van der Waals surface area contributed by atoms with E-state index in [0.717, 1.165) is 16.7 Å². The SMILES string of the molecule is CCC(C(=O)NC(C)(C)C)N(Cc1ccccc1Cl)C(=O)CCCN(c1cc(C)ccc1C)S(C)(=O)=O. The Balaban J connectivity index is 2.29. The minimum Gasteiger partial charge on any atom is -0.350 e. The molecule has 0 fully saturated rings. The first-order chi connectivity index (χ1) is 17.1. The molecule has 2 amide bonds. The van der Waals surface area contributed by atoms with Crippen LogP contribution in [0.3, 0.4) is 0 Å². The quantitative estimate of drug-likeness (QED) is 0.416. The first-order valence-electron chi connectivity index (χ1n) is 12.5. The standard InChI is InChI=1S/C28H40ClN3O4S/c1-8-24(27(34)30-28(4,5)6)31(19-22-12-9-10-13-23(22)29)26(33)14-11-17-32(37(7,35)36)25-18-20(2)15-16-21(25)3/h9-10,12-13,15-16,18,24H,8,11,14,17,19H2,1-7H3,(H,30,34). The van der Waals surface area contributed by atoms with Gasteiger partial charge in [-0.2, -0.15) is 0 Å². The van der Waals surface area contributed by atoms with E-state index in [2.05, 4.69) is 5.32 Å². The molecule has 2 aromatic carbocycles. The van der Waals surface area contributed by atoms with Crippen molar-refractivity contribution in [1.82, 2.24) is 10.2 Å². The van der Waals surface area contributed by atoms with Gasteiger partial charge in [0.1, 0.15) is 6.04 Å². The fourth-order valence-electron chi connectivity index (χ4n) is 4.15. The van der Waals surface area contributed by atoms with Crippen molar-refractivity contribution < 1.29 is 18.0 Å². The number of rotatable bonds is 11. The van der Waals surface area contributed by atoms with Crippen molar-refractivity contribution in [2.24, 2.45) is 0 Å². The number of halogens is 1. The smallest absolute Gasteiger partial charge is 0.243 e. The minimum atomic E-state index is -3.56. The largest absolute Gasteiger partial charge is 0.350 e. The van der Waals surface area contributed by atoms with E-state index in [1.807, 2.05) is 77.9 Å². The van der Waals surface area contributed by atoms with E-state index in [9.17, 15) is 18.0 Å². The first kappa shape index (κ1) is 30.6. The summed E-state index contributed by atoms with van der Waals surface area (Å²) in [7, 11) is -3.56. The lowest BCUT2D eigenvalue weighted by Gasteiger charge is -2.33. The maximum absolute atomic E-state index is 13.6. The molecule has 0 aliphatic heterocycles. The number of sulfonamides is 1. The molecule has 204 valence electrons. The number of anilines is 1. The Hall–Kier alpha value is -2.58. The molecule has 37 heavy (non-hydrogen) atoms. The molecule has 9 heteroatoms. The molecular weight excluding hydrogens is 510 g/mol. The topological polar surface area (TPSA) is 86.8 Å². The van der Waals surface area contributed by atoms with Crippen molar-refractivity contribution in [3.8, 4) is 0 Å². The zero-order valence-corrected chi connectivity index (χ0v) is 24.5. The highest BCUT2D eigenvalue weighted by atomic mass is 35.5. The monoisotopic (exact) mass is 549 g/mol. The lowest BCUT2D eigenvalue weighted by Crippen LogP contribution is -2.53. The molecule has 0 saturated heterocycles. The Morgan fingerprint density at radius 1 is 1.08 bits per heavy atom. The summed E-state index contributed by atoms with van der Waals surface area (Å²) < 4.78 is 26.6. The van der Waals surface area contributed by atoms with Gasteiger partial charge in [0.05, 0.1) is 11.9 Å². The third-order valence-electron chi connectivity index (χ3n) is 5.97. The van der Waals surface area contributed by atoms with Crippen molar-refractivity contribution >= 4 is 39.1 Å². The second kappa shape index (κ2) is 12.8. The Labute approximate surface area is 227 Å². The number of aryl methyl sites for hydroxylation is 2. The average molecular weight is 550 g/mol. The summed E-state index contributed by atoms with van der Waals surface area (Å²) in [6, 6.07) is 12.2. The zero-order valence-electron chi connectivity index (χ0n) is 23.0. The highest BCUT2D eigenvalue weighted by Gasteiger charge is 2.31. The summed E-state index contributed by atoms with van der Waals surface area (Å²) in [4.78, 5) is 28.3. The van der Waals surface area contributed by atoms with Crippen molar-refractivity contribution in [3.05, 3.63) is 64.2 Å². The van der Waals surface area contributed by atoms with E-state index in [-0.39, 0.29) is 31.3 Å². The maximum atomic E-state index is 13.6. The molecule has 7 nitrogen and oxygen atoms in total. The number of amides is 2. The van der Waals surface area contributed by atoms with Crippen LogP contribution < -0.4 is 9.62 Å². The van der Waals surface area contributed by atoms with Crippen LogP contribution in [-0.4, -0.2) is 49.5 Å². The lowest BCUT2D eigenvalue weighted by atomic mass is 10.0. The second-order valence-electron chi connectivity index (χ2n) is 10.5. The summed E-state index contributed by atoms with van der Waals surface area (Å²) >= 11 is 6.39. The molecular formula is C28H40ClN3O4S. The molecule has 0 saturated carbocycles. The minimum absolute atomic E-state index is 0.0840. The number of hydrogen-bond acceptors (Lipinski definition) is 4. The van der Waals surface area contributed by atoms with E-state index in [1.165, 1.54) is 10.6 Å². The average Bonchev–Trinajstić information content (AvgIpc) is 2.77. The number of carbonyl (C=O) groups excluding carboxylic acids is 2. The second-order valence-corrected chi connectivity index (χ2v) is 12.8. The molecule has 0 spiro atoms. The molecule has 0 aliphatic carbocycles. The normalized spacial score (nSPS) is 12.6. The van der Waals surface area contributed by atoms with Gasteiger partial charge in [-0.25, -0.2) is 8.42 Å². The van der Waals surface area contributed by atoms with Crippen LogP contribution in [-0.2, 0) is 26.2 Å². The van der Waals surface area contributed by atoms with Crippen molar-refractivity contribution in [2.75, 3.05) is 17.1 Å². The highest BCUT2D eigenvalue weighted by molar-refractivity contribution is 7.92. The third-order valence-corrected chi connectivity index (χ3v) is 7.52. The van der Waals surface area contributed by atoms with Gasteiger partial charge in [-0.15, -0.1) is 0 Å². The maximum Gasteiger partial charge on any atom is 0.243 e. The summed E-state index contributed by atoms with van der Waals surface area (Å²) in [5.74, 6) is -0.464. The Bertz CT molecular complexity index is 1210. The fourth-order valence-corrected chi connectivity index (χ4v) is 5.36. The van der Waals surface area contributed by atoms with E-state index >= 15 is 0 Å². The van der Waals surface area contributed by atoms with E-state index in [1.54, 1.807) is 11.0 Å². The predicted octanol–water partition coefficient (Wildman–Crippen LogP) is 5.23. The molecule has 0 aliphatic rings. The summed E-state index contributed by atoms with van der Waals surface area (Å²) in [5, 5.41) is 3.50. The van der Waals surface area contributed by atoms with Crippen LogP contribution in [0, 0.1) is 13.8 Å². The fraction of sp³-hybridized carbons (Fsp3) is 0.500. The van der Waals surface area contributed by atoms with Gasteiger partial charge in [-0.1, -0.05) is 48.9 Å². The van der Waals surface area contributed by atoms with Crippen molar-refractivity contribution in [3.63, 3.8) is 0 Å². The number of hydrogen-bond donors (Lipinski definition) is 1. The Kier molecular flexibility index (Phi) is 10.6. The van der Waals surface area contributed by atoms with Crippen LogP contribution in [0.4, 0.5) is 5.69 Å². The molecule has 0 radical (unpaired) electrons. The number of benzene rings is 2. The number of carbonyl (C=O) groups is 2.